The molecule has 0 heterocycles. The van der Waals surface area contributed by atoms with Crippen LogP contribution >= 0.6 is 0 Å². The van der Waals surface area contributed by atoms with Crippen molar-refractivity contribution >= 4 is 17.3 Å². The van der Waals surface area contributed by atoms with Crippen molar-refractivity contribution < 1.29 is 4.92 Å². The molecule has 2 rings (SSSR count). The quantitative estimate of drug-likeness (QED) is 0.269. The van der Waals surface area contributed by atoms with E-state index in [0.29, 0.717) is 12.5 Å². The first-order chi connectivity index (χ1) is 11.1. The maximum Gasteiger partial charge on any atom is 0.269 e. The maximum atomic E-state index is 10.6. The number of anilines is 1. The molecular formula is C17H20N4O2. The largest absolute Gasteiger partial charge is 0.370 e. The smallest absolute Gasteiger partial charge is 0.269 e. The Kier molecular flexibility index (Phi) is 6.11. The summed E-state index contributed by atoms with van der Waals surface area (Å²) in [6.45, 7) is 0.651. The molecule has 0 saturated carbocycles. The lowest BCUT2D eigenvalue weighted by atomic mass is 10.1. The van der Waals surface area contributed by atoms with Crippen molar-refractivity contribution in [3.05, 3.63) is 70.3 Å². The van der Waals surface area contributed by atoms with Gasteiger partial charge in [-0.2, -0.15) is 0 Å². The number of aryl methyl sites for hydroxylation is 1. The lowest BCUT2D eigenvalue weighted by Gasteiger charge is -2.05. The van der Waals surface area contributed by atoms with Crippen LogP contribution in [0, 0.1) is 10.1 Å². The molecule has 0 radical (unpaired) electrons. The molecule has 3 N–H and O–H groups in total. The zero-order valence-corrected chi connectivity index (χ0v) is 12.8. The van der Waals surface area contributed by atoms with Crippen molar-refractivity contribution in [2.45, 2.75) is 19.3 Å². The number of benzene rings is 2. The summed E-state index contributed by atoms with van der Waals surface area (Å²) < 4.78 is 0. The van der Waals surface area contributed by atoms with E-state index in [0.717, 1.165) is 30.5 Å². The van der Waals surface area contributed by atoms with Gasteiger partial charge in [-0.25, -0.2) is 0 Å². The number of guanidine groups is 1. The number of nitro benzene ring substituents is 1. The third-order valence-electron chi connectivity index (χ3n) is 3.35. The molecule has 120 valence electrons. The van der Waals surface area contributed by atoms with Crippen molar-refractivity contribution in [3.8, 4) is 0 Å². The molecule has 6 heteroatoms. The van der Waals surface area contributed by atoms with Crippen LogP contribution in [0.5, 0.6) is 0 Å². The first-order valence-corrected chi connectivity index (χ1v) is 7.50. The van der Waals surface area contributed by atoms with Crippen LogP contribution in [-0.4, -0.2) is 17.4 Å². The number of hydrogen-bond acceptors (Lipinski definition) is 3. The first kappa shape index (κ1) is 16.5. The molecule has 0 aliphatic rings. The molecule has 6 nitrogen and oxygen atoms in total. The number of unbranched alkanes of at least 4 members (excludes halogenated alkanes) is 1. The minimum absolute atomic E-state index is 0.123. The van der Waals surface area contributed by atoms with Gasteiger partial charge in [-0.3, -0.25) is 15.1 Å². The summed E-state index contributed by atoms with van der Waals surface area (Å²) in [6, 6.07) is 16.3. The number of nitrogens with two attached hydrogens (primary N) is 1. The highest BCUT2D eigenvalue weighted by molar-refractivity contribution is 5.92. The zero-order chi connectivity index (χ0) is 16.5. The predicted octanol–water partition coefficient (Wildman–Crippen LogP) is 3.34. The molecule has 0 saturated heterocycles. The molecule has 0 atom stereocenters. The second kappa shape index (κ2) is 8.53. The van der Waals surface area contributed by atoms with Crippen LogP contribution < -0.4 is 11.1 Å². The number of hydrogen-bond donors (Lipinski definition) is 2. The average Bonchev–Trinajstić information content (AvgIpc) is 2.56. The normalized spacial score (nSPS) is 11.2. The van der Waals surface area contributed by atoms with Crippen molar-refractivity contribution in [1.29, 1.82) is 0 Å². The molecule has 0 aliphatic carbocycles. The zero-order valence-electron chi connectivity index (χ0n) is 12.8. The van der Waals surface area contributed by atoms with Gasteiger partial charge in [0.15, 0.2) is 5.96 Å². The molecular weight excluding hydrogens is 292 g/mol. The SMILES string of the molecule is NC(=NCCCCc1ccc([N+](=O)[O-])cc1)Nc1ccccc1. The lowest BCUT2D eigenvalue weighted by molar-refractivity contribution is -0.384. The summed E-state index contributed by atoms with van der Waals surface area (Å²) in [5.41, 5.74) is 7.95. The van der Waals surface area contributed by atoms with Gasteiger partial charge in [-0.05, 0) is 37.0 Å². The number of non-ortho nitro benzene ring substituents is 1. The number of rotatable bonds is 7. The van der Waals surface area contributed by atoms with Gasteiger partial charge in [-0.1, -0.05) is 30.3 Å². The van der Waals surface area contributed by atoms with Gasteiger partial charge in [0.25, 0.3) is 5.69 Å². The highest BCUT2D eigenvalue weighted by Crippen LogP contribution is 2.13. The Labute approximate surface area is 135 Å². The van der Waals surface area contributed by atoms with Crippen LogP contribution in [-0.2, 0) is 6.42 Å². The Morgan fingerprint density at radius 2 is 1.78 bits per heavy atom. The molecule has 0 amide bonds. The highest BCUT2D eigenvalue weighted by atomic mass is 16.6. The van der Waals surface area contributed by atoms with E-state index in [4.69, 9.17) is 5.73 Å². The molecule has 23 heavy (non-hydrogen) atoms. The van der Waals surface area contributed by atoms with Gasteiger partial charge in [-0.15, -0.1) is 0 Å². The minimum atomic E-state index is -0.388. The van der Waals surface area contributed by atoms with Crippen LogP contribution in [0.2, 0.25) is 0 Å². The molecule has 0 fully saturated rings. The van der Waals surface area contributed by atoms with E-state index in [-0.39, 0.29) is 10.6 Å². The van der Waals surface area contributed by atoms with Gasteiger partial charge in [0.1, 0.15) is 0 Å². The number of nitrogens with one attached hydrogen (secondary N) is 1. The summed E-state index contributed by atoms with van der Waals surface area (Å²) >= 11 is 0. The second-order valence-corrected chi connectivity index (χ2v) is 5.14. The second-order valence-electron chi connectivity index (χ2n) is 5.14. The molecule has 2 aromatic rings. The molecule has 0 unspecified atom stereocenters. The maximum absolute atomic E-state index is 10.6. The van der Waals surface area contributed by atoms with Crippen molar-refractivity contribution in [1.82, 2.24) is 0 Å². The van der Waals surface area contributed by atoms with Gasteiger partial charge >= 0.3 is 0 Å². The third-order valence-corrected chi connectivity index (χ3v) is 3.35. The van der Waals surface area contributed by atoms with E-state index in [1.807, 2.05) is 30.3 Å². The first-order valence-electron chi connectivity index (χ1n) is 7.50. The molecule has 0 aliphatic heterocycles. The van der Waals surface area contributed by atoms with Crippen LogP contribution in [0.25, 0.3) is 0 Å². The summed E-state index contributed by atoms with van der Waals surface area (Å²) in [6.07, 6.45) is 2.74. The summed E-state index contributed by atoms with van der Waals surface area (Å²) in [4.78, 5) is 14.5. The van der Waals surface area contributed by atoms with Crippen molar-refractivity contribution in [2.75, 3.05) is 11.9 Å². The Morgan fingerprint density at radius 1 is 1.09 bits per heavy atom. The van der Waals surface area contributed by atoms with Crippen molar-refractivity contribution in [3.63, 3.8) is 0 Å². The average molecular weight is 312 g/mol. The summed E-state index contributed by atoms with van der Waals surface area (Å²) in [5, 5.41) is 13.6. The fourth-order valence-corrected chi connectivity index (χ4v) is 2.13. The third kappa shape index (κ3) is 5.78. The van der Waals surface area contributed by atoms with E-state index >= 15 is 0 Å². The van der Waals surface area contributed by atoms with Crippen LogP contribution in [0.4, 0.5) is 11.4 Å². The van der Waals surface area contributed by atoms with E-state index in [2.05, 4.69) is 10.3 Å². The van der Waals surface area contributed by atoms with E-state index in [1.54, 1.807) is 12.1 Å². The number of aliphatic imine (C=N–C) groups is 1. The fourth-order valence-electron chi connectivity index (χ4n) is 2.13. The Bertz CT molecular complexity index is 654. The number of nitro groups is 1. The van der Waals surface area contributed by atoms with Crippen molar-refractivity contribution in [2.24, 2.45) is 10.7 Å². The molecule has 0 aromatic heterocycles. The minimum Gasteiger partial charge on any atom is -0.370 e. The summed E-state index contributed by atoms with van der Waals surface area (Å²) in [5.74, 6) is 0.409. The van der Waals surface area contributed by atoms with Gasteiger partial charge in [0, 0.05) is 24.4 Å². The van der Waals surface area contributed by atoms with Gasteiger partial charge < -0.3 is 11.1 Å². The monoisotopic (exact) mass is 312 g/mol. The fraction of sp³-hybridized carbons (Fsp3) is 0.235. The molecule has 0 bridgehead atoms. The highest BCUT2D eigenvalue weighted by Gasteiger charge is 2.03. The number of para-hydroxylation sites is 1. The van der Waals surface area contributed by atoms with Gasteiger partial charge in [0.05, 0.1) is 4.92 Å². The molecule has 0 spiro atoms. The number of nitrogens with zero attached hydrogens (tertiary/aromatic N) is 2. The van der Waals surface area contributed by atoms with Gasteiger partial charge in [0.2, 0.25) is 0 Å². The Morgan fingerprint density at radius 3 is 2.43 bits per heavy atom. The summed E-state index contributed by atoms with van der Waals surface area (Å²) in [7, 11) is 0. The topological polar surface area (TPSA) is 93.5 Å². The predicted molar refractivity (Wildman–Crippen MR) is 92.6 cm³/mol. The lowest BCUT2D eigenvalue weighted by Crippen LogP contribution is -2.22. The van der Waals surface area contributed by atoms with E-state index in [9.17, 15) is 10.1 Å². The molecule has 2 aromatic carbocycles. The Balaban J connectivity index is 1.68. The van der Waals surface area contributed by atoms with Crippen LogP contribution in [0.1, 0.15) is 18.4 Å². The van der Waals surface area contributed by atoms with Crippen LogP contribution in [0.15, 0.2) is 59.6 Å². The standard InChI is InChI=1S/C17H20N4O2/c18-17(20-15-7-2-1-3-8-15)19-13-5-4-6-14-9-11-16(12-10-14)21(22)23/h1-3,7-12H,4-6,13H2,(H3,18,19,20). The van der Waals surface area contributed by atoms with E-state index < -0.39 is 0 Å². The van der Waals surface area contributed by atoms with Crippen LogP contribution in [0.3, 0.4) is 0 Å². The van der Waals surface area contributed by atoms with E-state index in [1.165, 1.54) is 12.1 Å². The Hall–Kier alpha value is -2.89.